The number of hydrogen-bond acceptors (Lipinski definition) is 1. The van der Waals surface area contributed by atoms with Crippen molar-refractivity contribution in [2.75, 3.05) is 0 Å². The largest absolute Gasteiger partial charge is 0.318 e. The molecule has 3 heteroatoms. The molecule has 0 saturated carbocycles. The molecule has 0 aliphatic rings. The maximum absolute atomic E-state index is 13.6. The number of hydrogen-bond donors (Lipinski definition) is 0. The second-order valence-electron chi connectivity index (χ2n) is 6.18. The normalized spacial score (nSPS) is 11.4. The summed E-state index contributed by atoms with van der Waals surface area (Å²) in [7, 11) is 0. The predicted molar refractivity (Wildman–Crippen MR) is 99.9 cm³/mol. The summed E-state index contributed by atoms with van der Waals surface area (Å²) >= 11 is 0. The van der Waals surface area contributed by atoms with Crippen molar-refractivity contribution in [3.05, 3.63) is 88.5 Å². The fourth-order valence-corrected chi connectivity index (χ4v) is 3.02. The predicted octanol–water partition coefficient (Wildman–Crippen LogP) is 5.61. The van der Waals surface area contributed by atoms with E-state index in [4.69, 9.17) is 0 Å². The standard InChI is InChI=1S/C22H19FN2/c1-15-7-9-18(10-8-15)20(14-24)12-19-11-16(2)25(17(19)3)22-6-4-5-21(23)13-22/h4-13H,1-3H3/b20-12-. The van der Waals surface area contributed by atoms with Crippen LogP contribution >= 0.6 is 0 Å². The lowest BCUT2D eigenvalue weighted by Crippen LogP contribution is -1.99. The van der Waals surface area contributed by atoms with Crippen LogP contribution in [0.4, 0.5) is 4.39 Å². The molecular weight excluding hydrogens is 311 g/mol. The highest BCUT2D eigenvalue weighted by atomic mass is 19.1. The quantitative estimate of drug-likeness (QED) is 0.574. The van der Waals surface area contributed by atoms with E-state index in [1.807, 2.05) is 67.8 Å². The van der Waals surface area contributed by atoms with Gasteiger partial charge in [-0.25, -0.2) is 4.39 Å². The maximum Gasteiger partial charge on any atom is 0.125 e. The third-order valence-corrected chi connectivity index (χ3v) is 4.32. The molecule has 124 valence electrons. The van der Waals surface area contributed by atoms with Crippen molar-refractivity contribution >= 4 is 11.6 Å². The molecule has 1 aromatic heterocycles. The van der Waals surface area contributed by atoms with Crippen molar-refractivity contribution in [1.29, 1.82) is 5.26 Å². The molecule has 25 heavy (non-hydrogen) atoms. The number of allylic oxidation sites excluding steroid dienone is 1. The van der Waals surface area contributed by atoms with E-state index >= 15 is 0 Å². The first kappa shape index (κ1) is 16.7. The van der Waals surface area contributed by atoms with Gasteiger partial charge in [0.05, 0.1) is 11.6 Å². The van der Waals surface area contributed by atoms with Gasteiger partial charge in [-0.15, -0.1) is 0 Å². The van der Waals surface area contributed by atoms with Gasteiger partial charge in [0.1, 0.15) is 5.82 Å². The topological polar surface area (TPSA) is 28.7 Å². The number of benzene rings is 2. The van der Waals surface area contributed by atoms with Gasteiger partial charge in [0.2, 0.25) is 0 Å². The molecule has 0 radical (unpaired) electrons. The Labute approximate surface area is 147 Å². The second-order valence-corrected chi connectivity index (χ2v) is 6.18. The van der Waals surface area contributed by atoms with Crippen LogP contribution in [-0.2, 0) is 0 Å². The van der Waals surface area contributed by atoms with Gasteiger partial charge in [-0.05, 0) is 62.2 Å². The highest BCUT2D eigenvalue weighted by Crippen LogP contribution is 2.25. The molecule has 0 aliphatic heterocycles. The average molecular weight is 330 g/mol. The summed E-state index contributed by atoms with van der Waals surface area (Å²) in [5.74, 6) is -0.264. The Balaban J connectivity index is 2.08. The minimum atomic E-state index is -0.264. The number of nitriles is 1. The van der Waals surface area contributed by atoms with Crippen LogP contribution in [0.25, 0.3) is 17.3 Å². The maximum atomic E-state index is 13.6. The highest BCUT2D eigenvalue weighted by Gasteiger charge is 2.11. The molecule has 0 saturated heterocycles. The minimum Gasteiger partial charge on any atom is -0.318 e. The minimum absolute atomic E-state index is 0.264. The molecule has 0 amide bonds. The lowest BCUT2D eigenvalue weighted by atomic mass is 10.0. The molecule has 0 bridgehead atoms. The van der Waals surface area contributed by atoms with Crippen molar-refractivity contribution < 1.29 is 4.39 Å². The summed E-state index contributed by atoms with van der Waals surface area (Å²) in [5, 5.41) is 9.56. The average Bonchev–Trinajstić information content (AvgIpc) is 2.87. The van der Waals surface area contributed by atoms with Gasteiger partial charge in [-0.1, -0.05) is 35.9 Å². The van der Waals surface area contributed by atoms with E-state index in [9.17, 15) is 9.65 Å². The van der Waals surface area contributed by atoms with E-state index < -0.39 is 0 Å². The van der Waals surface area contributed by atoms with Crippen LogP contribution in [0.1, 0.15) is 28.1 Å². The number of rotatable bonds is 3. The van der Waals surface area contributed by atoms with Crippen LogP contribution in [0.5, 0.6) is 0 Å². The van der Waals surface area contributed by atoms with E-state index in [0.29, 0.717) is 5.57 Å². The van der Waals surface area contributed by atoms with Crippen LogP contribution in [0.3, 0.4) is 0 Å². The molecule has 1 heterocycles. The second kappa shape index (κ2) is 6.78. The van der Waals surface area contributed by atoms with Crippen LogP contribution in [0.2, 0.25) is 0 Å². The van der Waals surface area contributed by atoms with Crippen LogP contribution < -0.4 is 0 Å². The molecule has 3 aromatic rings. The summed E-state index contributed by atoms with van der Waals surface area (Å²) in [6.45, 7) is 5.98. The third-order valence-electron chi connectivity index (χ3n) is 4.32. The van der Waals surface area contributed by atoms with Crippen molar-refractivity contribution in [2.45, 2.75) is 20.8 Å². The van der Waals surface area contributed by atoms with Crippen molar-refractivity contribution in [1.82, 2.24) is 4.57 Å². The van der Waals surface area contributed by atoms with Gasteiger partial charge < -0.3 is 4.57 Å². The molecule has 2 aromatic carbocycles. The Morgan fingerprint density at radius 1 is 1.04 bits per heavy atom. The first-order valence-electron chi connectivity index (χ1n) is 8.13. The van der Waals surface area contributed by atoms with E-state index in [0.717, 1.165) is 33.8 Å². The van der Waals surface area contributed by atoms with Gasteiger partial charge in [-0.3, -0.25) is 0 Å². The summed E-state index contributed by atoms with van der Waals surface area (Å²) in [6.07, 6.45) is 1.89. The molecule has 0 spiro atoms. The summed E-state index contributed by atoms with van der Waals surface area (Å²) in [6, 6.07) is 18.7. The molecule has 0 aliphatic carbocycles. The number of aryl methyl sites for hydroxylation is 2. The zero-order chi connectivity index (χ0) is 18.0. The molecule has 0 unspecified atom stereocenters. The Hall–Kier alpha value is -3.12. The fourth-order valence-electron chi connectivity index (χ4n) is 3.02. The van der Waals surface area contributed by atoms with E-state index in [-0.39, 0.29) is 5.82 Å². The molecule has 0 atom stereocenters. The van der Waals surface area contributed by atoms with Gasteiger partial charge in [0.15, 0.2) is 0 Å². The molecule has 0 N–H and O–H groups in total. The van der Waals surface area contributed by atoms with Crippen LogP contribution in [-0.4, -0.2) is 4.57 Å². The van der Waals surface area contributed by atoms with E-state index in [1.165, 1.54) is 12.1 Å². The molecule has 0 fully saturated rings. The number of halogens is 1. The SMILES string of the molecule is Cc1ccc(/C(C#N)=C\c2cc(C)n(-c3cccc(F)c3)c2C)cc1. The van der Waals surface area contributed by atoms with Crippen LogP contribution in [0, 0.1) is 37.9 Å². The number of nitrogens with zero attached hydrogens (tertiary/aromatic N) is 2. The fraction of sp³-hybridized carbons (Fsp3) is 0.136. The van der Waals surface area contributed by atoms with Gasteiger partial charge in [0.25, 0.3) is 0 Å². The first-order valence-corrected chi connectivity index (χ1v) is 8.13. The van der Waals surface area contributed by atoms with Gasteiger partial charge in [0, 0.05) is 17.1 Å². The van der Waals surface area contributed by atoms with Gasteiger partial charge >= 0.3 is 0 Å². The van der Waals surface area contributed by atoms with Crippen molar-refractivity contribution in [2.24, 2.45) is 0 Å². The Morgan fingerprint density at radius 3 is 2.40 bits per heavy atom. The van der Waals surface area contributed by atoms with Crippen LogP contribution in [0.15, 0.2) is 54.6 Å². The van der Waals surface area contributed by atoms with Crippen molar-refractivity contribution in [3.8, 4) is 11.8 Å². The summed E-state index contributed by atoms with van der Waals surface area (Å²) in [5.41, 5.74) is 6.37. The third kappa shape index (κ3) is 3.39. The monoisotopic (exact) mass is 330 g/mol. The zero-order valence-electron chi connectivity index (χ0n) is 14.5. The molecule has 2 nitrogen and oxygen atoms in total. The summed E-state index contributed by atoms with van der Waals surface area (Å²) < 4.78 is 15.6. The lowest BCUT2D eigenvalue weighted by molar-refractivity contribution is 0.626. The van der Waals surface area contributed by atoms with Gasteiger partial charge in [-0.2, -0.15) is 5.26 Å². The van der Waals surface area contributed by atoms with Crippen molar-refractivity contribution in [3.63, 3.8) is 0 Å². The first-order chi connectivity index (χ1) is 12.0. The zero-order valence-corrected chi connectivity index (χ0v) is 14.5. The smallest absolute Gasteiger partial charge is 0.125 e. The Bertz CT molecular complexity index is 986. The van der Waals surface area contributed by atoms with E-state index in [2.05, 4.69) is 6.07 Å². The lowest BCUT2D eigenvalue weighted by Gasteiger charge is -2.09. The molecular formula is C22H19FN2. The highest BCUT2D eigenvalue weighted by molar-refractivity contribution is 5.90. The Morgan fingerprint density at radius 2 is 1.76 bits per heavy atom. The number of aromatic nitrogens is 1. The van der Waals surface area contributed by atoms with E-state index in [1.54, 1.807) is 6.07 Å². The summed E-state index contributed by atoms with van der Waals surface area (Å²) in [4.78, 5) is 0. The Kier molecular flexibility index (Phi) is 4.54. The molecule has 3 rings (SSSR count).